The zero-order valence-corrected chi connectivity index (χ0v) is 15.9. The normalized spacial score (nSPS) is 15.2. The number of benzene rings is 2. The lowest BCUT2D eigenvalue weighted by atomic mass is 10.1. The van der Waals surface area contributed by atoms with Gasteiger partial charge in [-0.05, 0) is 49.6 Å². The number of hydrogen-bond acceptors (Lipinski definition) is 4. The molecule has 2 amide bonds. The highest BCUT2D eigenvalue weighted by molar-refractivity contribution is 5.96. The summed E-state index contributed by atoms with van der Waals surface area (Å²) in [5.74, 6) is 0.120. The molecule has 0 bridgehead atoms. The maximum Gasteiger partial charge on any atom is 0.243 e. The summed E-state index contributed by atoms with van der Waals surface area (Å²) < 4.78 is 5.25. The van der Waals surface area contributed by atoms with E-state index in [9.17, 15) is 9.59 Å². The molecule has 0 saturated heterocycles. The highest BCUT2D eigenvalue weighted by atomic mass is 16.5. The molecule has 0 spiro atoms. The second-order valence-corrected chi connectivity index (χ2v) is 6.84. The van der Waals surface area contributed by atoms with E-state index in [0.29, 0.717) is 11.4 Å². The van der Waals surface area contributed by atoms with Crippen molar-refractivity contribution in [3.8, 4) is 5.75 Å². The zero-order valence-electron chi connectivity index (χ0n) is 15.9. The van der Waals surface area contributed by atoms with Crippen LogP contribution in [-0.2, 0) is 16.0 Å². The molecule has 2 aromatic rings. The van der Waals surface area contributed by atoms with Crippen LogP contribution in [0, 0.1) is 6.92 Å². The Morgan fingerprint density at radius 2 is 1.96 bits per heavy atom. The van der Waals surface area contributed by atoms with Crippen LogP contribution < -0.4 is 20.3 Å². The Morgan fingerprint density at radius 3 is 2.74 bits per heavy atom. The molecule has 0 aromatic heterocycles. The number of nitrogens with one attached hydrogen (secondary N) is 2. The number of nitrogens with zero attached hydrogens (tertiary/aromatic N) is 1. The van der Waals surface area contributed by atoms with E-state index in [-0.39, 0.29) is 30.9 Å². The van der Waals surface area contributed by atoms with Gasteiger partial charge in [-0.15, -0.1) is 0 Å². The Bertz CT molecular complexity index is 850. The van der Waals surface area contributed by atoms with Gasteiger partial charge >= 0.3 is 0 Å². The molecule has 1 atom stereocenters. The van der Waals surface area contributed by atoms with Gasteiger partial charge in [-0.25, -0.2) is 0 Å². The third-order valence-corrected chi connectivity index (χ3v) is 4.74. The minimum Gasteiger partial charge on any atom is -0.495 e. The van der Waals surface area contributed by atoms with Crippen molar-refractivity contribution < 1.29 is 14.3 Å². The van der Waals surface area contributed by atoms with Crippen LogP contribution in [0.2, 0.25) is 0 Å². The van der Waals surface area contributed by atoms with Crippen LogP contribution in [0.3, 0.4) is 0 Å². The third kappa shape index (κ3) is 4.39. The highest BCUT2D eigenvalue weighted by Crippen LogP contribution is 2.31. The molecule has 2 aromatic carbocycles. The molecule has 0 aliphatic carbocycles. The minimum absolute atomic E-state index is 0.0835. The maximum atomic E-state index is 12.3. The lowest BCUT2D eigenvalue weighted by molar-refractivity contribution is -0.123. The van der Waals surface area contributed by atoms with E-state index < -0.39 is 0 Å². The fraction of sp³-hybridized carbons (Fsp3) is 0.333. The number of fused-ring (bicyclic) bond motifs is 1. The van der Waals surface area contributed by atoms with Gasteiger partial charge in [0.05, 0.1) is 25.9 Å². The van der Waals surface area contributed by atoms with Gasteiger partial charge in [0, 0.05) is 11.7 Å². The smallest absolute Gasteiger partial charge is 0.243 e. The standard InChI is InChI=1S/C21H25N3O3/c1-14-8-9-19(27-3)17(10-14)23-20(25)12-22-21(26)13-24-15(2)11-16-6-4-5-7-18(16)24/h4-10,15H,11-13H2,1-3H3,(H,22,26)(H,23,25). The Kier molecular flexibility index (Phi) is 5.64. The van der Waals surface area contributed by atoms with Gasteiger partial charge in [-0.1, -0.05) is 24.3 Å². The SMILES string of the molecule is COc1ccc(C)cc1NC(=O)CNC(=O)CN1c2ccccc2CC1C. The van der Waals surface area contributed by atoms with Gasteiger partial charge in [0.1, 0.15) is 5.75 Å². The van der Waals surface area contributed by atoms with Crippen molar-refractivity contribution >= 4 is 23.2 Å². The predicted octanol–water partition coefficient (Wildman–Crippen LogP) is 2.51. The van der Waals surface area contributed by atoms with E-state index in [2.05, 4.69) is 28.5 Å². The average molecular weight is 367 g/mol. The molecular formula is C21H25N3O3. The molecule has 0 saturated carbocycles. The van der Waals surface area contributed by atoms with Gasteiger partial charge in [-0.3, -0.25) is 9.59 Å². The van der Waals surface area contributed by atoms with E-state index in [4.69, 9.17) is 4.74 Å². The Labute approximate surface area is 159 Å². The number of amides is 2. The number of para-hydroxylation sites is 1. The molecule has 6 heteroatoms. The summed E-state index contributed by atoms with van der Waals surface area (Å²) >= 11 is 0. The molecule has 1 aliphatic rings. The first-order chi connectivity index (χ1) is 13.0. The summed E-state index contributed by atoms with van der Waals surface area (Å²) in [6.45, 7) is 4.19. The third-order valence-electron chi connectivity index (χ3n) is 4.74. The molecule has 27 heavy (non-hydrogen) atoms. The number of carbonyl (C=O) groups excluding carboxylic acids is 2. The summed E-state index contributed by atoms with van der Waals surface area (Å²) in [7, 11) is 1.55. The topological polar surface area (TPSA) is 70.7 Å². The quantitative estimate of drug-likeness (QED) is 0.823. The van der Waals surface area contributed by atoms with Gasteiger partial charge < -0.3 is 20.3 Å². The van der Waals surface area contributed by atoms with Crippen molar-refractivity contribution in [1.29, 1.82) is 0 Å². The molecule has 0 fully saturated rings. The lowest BCUT2D eigenvalue weighted by Gasteiger charge is -2.24. The Hall–Kier alpha value is -3.02. The number of rotatable bonds is 6. The van der Waals surface area contributed by atoms with Crippen molar-refractivity contribution in [2.45, 2.75) is 26.3 Å². The van der Waals surface area contributed by atoms with Crippen LogP contribution in [0.5, 0.6) is 5.75 Å². The number of anilines is 2. The van der Waals surface area contributed by atoms with Crippen molar-refractivity contribution in [2.24, 2.45) is 0 Å². The average Bonchev–Trinajstić information content (AvgIpc) is 2.96. The molecule has 1 heterocycles. The molecule has 6 nitrogen and oxygen atoms in total. The number of aryl methyl sites for hydroxylation is 1. The van der Waals surface area contributed by atoms with Crippen LogP contribution in [-0.4, -0.2) is 38.1 Å². The largest absolute Gasteiger partial charge is 0.495 e. The van der Waals surface area contributed by atoms with Gasteiger partial charge in [0.2, 0.25) is 11.8 Å². The molecule has 142 valence electrons. The van der Waals surface area contributed by atoms with Crippen LogP contribution in [0.25, 0.3) is 0 Å². The van der Waals surface area contributed by atoms with Crippen molar-refractivity contribution in [1.82, 2.24) is 5.32 Å². The number of carbonyl (C=O) groups is 2. The van der Waals surface area contributed by atoms with E-state index in [1.165, 1.54) is 5.56 Å². The van der Waals surface area contributed by atoms with E-state index >= 15 is 0 Å². The highest BCUT2D eigenvalue weighted by Gasteiger charge is 2.27. The van der Waals surface area contributed by atoms with Gasteiger partial charge in [0.25, 0.3) is 0 Å². The van der Waals surface area contributed by atoms with Crippen molar-refractivity contribution in [3.63, 3.8) is 0 Å². The van der Waals surface area contributed by atoms with Crippen molar-refractivity contribution in [3.05, 3.63) is 53.6 Å². The van der Waals surface area contributed by atoms with Crippen molar-refractivity contribution in [2.75, 3.05) is 30.4 Å². The van der Waals surface area contributed by atoms with Gasteiger partial charge in [-0.2, -0.15) is 0 Å². The number of ether oxygens (including phenoxy) is 1. The first-order valence-electron chi connectivity index (χ1n) is 9.03. The Morgan fingerprint density at radius 1 is 1.19 bits per heavy atom. The van der Waals surface area contributed by atoms with Gasteiger partial charge in [0.15, 0.2) is 0 Å². The monoisotopic (exact) mass is 367 g/mol. The second kappa shape index (κ2) is 8.12. The molecular weight excluding hydrogens is 342 g/mol. The van der Waals surface area contributed by atoms with E-state index in [1.807, 2.05) is 37.3 Å². The van der Waals surface area contributed by atoms with Crippen LogP contribution >= 0.6 is 0 Å². The predicted molar refractivity (Wildman–Crippen MR) is 106 cm³/mol. The Balaban J connectivity index is 1.54. The summed E-state index contributed by atoms with van der Waals surface area (Å²) in [6, 6.07) is 13.9. The van der Waals surface area contributed by atoms with Crippen LogP contribution in [0.4, 0.5) is 11.4 Å². The fourth-order valence-corrected chi connectivity index (χ4v) is 3.37. The fourth-order valence-electron chi connectivity index (χ4n) is 3.37. The number of hydrogen-bond donors (Lipinski definition) is 2. The molecule has 3 rings (SSSR count). The zero-order chi connectivity index (χ0) is 19.4. The summed E-state index contributed by atoms with van der Waals surface area (Å²) in [5, 5.41) is 5.48. The second-order valence-electron chi connectivity index (χ2n) is 6.84. The summed E-state index contributed by atoms with van der Waals surface area (Å²) in [5.41, 5.74) is 3.95. The maximum absolute atomic E-state index is 12.3. The van der Waals surface area contributed by atoms with E-state index in [1.54, 1.807) is 13.2 Å². The summed E-state index contributed by atoms with van der Waals surface area (Å²) in [6.07, 6.45) is 0.928. The lowest BCUT2D eigenvalue weighted by Crippen LogP contribution is -2.42. The first-order valence-corrected chi connectivity index (χ1v) is 9.03. The molecule has 2 N–H and O–H groups in total. The van der Waals surface area contributed by atoms with Crippen LogP contribution in [0.1, 0.15) is 18.1 Å². The first kappa shape index (κ1) is 18.8. The molecule has 0 radical (unpaired) electrons. The van der Waals surface area contributed by atoms with Crippen LogP contribution in [0.15, 0.2) is 42.5 Å². The molecule has 1 aliphatic heterocycles. The number of methoxy groups -OCH3 is 1. The minimum atomic E-state index is -0.290. The molecule has 1 unspecified atom stereocenters. The summed E-state index contributed by atoms with van der Waals surface area (Å²) in [4.78, 5) is 26.6. The van der Waals surface area contributed by atoms with E-state index in [0.717, 1.165) is 17.7 Å².